The highest BCUT2D eigenvalue weighted by molar-refractivity contribution is 5.40. The van der Waals surface area contributed by atoms with Crippen molar-refractivity contribution in [3.8, 4) is 0 Å². The summed E-state index contributed by atoms with van der Waals surface area (Å²) in [5, 5.41) is 3.97. The molecule has 1 N–H and O–H groups in total. The Balaban J connectivity index is 1.32. The molecule has 2 saturated carbocycles. The van der Waals surface area contributed by atoms with Crippen molar-refractivity contribution < 1.29 is 4.74 Å². The van der Waals surface area contributed by atoms with Gasteiger partial charge in [-0.3, -0.25) is 0 Å². The molecule has 1 saturated heterocycles. The van der Waals surface area contributed by atoms with Crippen LogP contribution in [0.5, 0.6) is 0 Å². The van der Waals surface area contributed by atoms with Crippen molar-refractivity contribution in [1.82, 2.24) is 15.3 Å². The van der Waals surface area contributed by atoms with Gasteiger partial charge in [0.25, 0.3) is 0 Å². The van der Waals surface area contributed by atoms with Crippen LogP contribution >= 0.6 is 0 Å². The number of rotatable bonds is 4. The molecular weight excluding hydrogens is 300 g/mol. The number of anilines is 1. The van der Waals surface area contributed by atoms with E-state index >= 15 is 0 Å². The molecule has 5 nitrogen and oxygen atoms in total. The molecule has 0 unspecified atom stereocenters. The third kappa shape index (κ3) is 2.72. The Morgan fingerprint density at radius 3 is 2.54 bits per heavy atom. The summed E-state index contributed by atoms with van der Waals surface area (Å²) in [5.74, 6) is 1.97. The lowest BCUT2D eigenvalue weighted by atomic mass is 9.51. The minimum Gasteiger partial charge on any atom is -0.381 e. The van der Waals surface area contributed by atoms with Gasteiger partial charge in [0.15, 0.2) is 0 Å². The molecule has 1 aliphatic heterocycles. The summed E-state index contributed by atoms with van der Waals surface area (Å²) in [6.45, 7) is 6.20. The van der Waals surface area contributed by atoms with Crippen LogP contribution in [0.25, 0.3) is 0 Å². The fraction of sp³-hybridized carbons (Fsp3) is 0.789. The molecule has 4 rings (SSSR count). The largest absolute Gasteiger partial charge is 0.381 e. The number of ether oxygens (including phenoxy) is 1. The minimum atomic E-state index is 0.465. The number of hydrogen-bond donors (Lipinski definition) is 1. The van der Waals surface area contributed by atoms with Gasteiger partial charge in [0.1, 0.15) is 11.6 Å². The van der Waals surface area contributed by atoms with E-state index in [9.17, 15) is 0 Å². The zero-order chi connectivity index (χ0) is 16.7. The molecule has 3 fully saturated rings. The van der Waals surface area contributed by atoms with Gasteiger partial charge in [-0.15, -0.1) is 0 Å². The van der Waals surface area contributed by atoms with E-state index in [0.717, 1.165) is 30.4 Å². The molecule has 3 aliphatic rings. The van der Waals surface area contributed by atoms with Crippen molar-refractivity contribution in [3.05, 3.63) is 17.6 Å². The Labute approximate surface area is 145 Å². The van der Waals surface area contributed by atoms with E-state index in [1.54, 1.807) is 0 Å². The predicted molar refractivity (Wildman–Crippen MR) is 95.4 cm³/mol. The first-order valence-electron chi connectivity index (χ1n) is 9.47. The van der Waals surface area contributed by atoms with Gasteiger partial charge in [-0.25, -0.2) is 9.97 Å². The van der Waals surface area contributed by atoms with Gasteiger partial charge in [0.2, 0.25) is 0 Å². The standard InChI is InChI=1S/C19H30N4O/c1-13-11-18(21-14(2)20-13)23-9-5-15(6-10-23)22-16-12-17(24-3)19(16)7-4-8-19/h11,15-17,22H,4-10,12H2,1-3H3/t16-,17-/m0/s1. The van der Waals surface area contributed by atoms with Gasteiger partial charge in [-0.2, -0.15) is 0 Å². The molecule has 2 aliphatic carbocycles. The molecule has 132 valence electrons. The smallest absolute Gasteiger partial charge is 0.132 e. The van der Waals surface area contributed by atoms with Gasteiger partial charge >= 0.3 is 0 Å². The molecule has 1 spiro atoms. The van der Waals surface area contributed by atoms with Crippen molar-refractivity contribution in [3.63, 3.8) is 0 Å². The number of aromatic nitrogens is 2. The van der Waals surface area contributed by atoms with Crippen LogP contribution in [0.15, 0.2) is 6.07 Å². The number of methoxy groups -OCH3 is 1. The maximum absolute atomic E-state index is 5.70. The summed E-state index contributed by atoms with van der Waals surface area (Å²) < 4.78 is 5.70. The Hall–Kier alpha value is -1.20. The highest BCUT2D eigenvalue weighted by Gasteiger charge is 2.58. The Morgan fingerprint density at radius 2 is 1.96 bits per heavy atom. The van der Waals surface area contributed by atoms with Crippen molar-refractivity contribution >= 4 is 5.82 Å². The van der Waals surface area contributed by atoms with Crippen LogP contribution in [0.3, 0.4) is 0 Å². The maximum Gasteiger partial charge on any atom is 0.132 e. The fourth-order valence-corrected chi connectivity index (χ4v) is 4.99. The second kappa shape index (κ2) is 6.26. The van der Waals surface area contributed by atoms with Gasteiger partial charge in [-0.05, 0) is 46.0 Å². The molecule has 1 aromatic rings. The molecule has 2 heterocycles. The van der Waals surface area contributed by atoms with Gasteiger partial charge in [0.05, 0.1) is 6.10 Å². The van der Waals surface area contributed by atoms with E-state index in [1.165, 1.54) is 38.5 Å². The predicted octanol–water partition coefficient (Wildman–Crippen LogP) is 2.61. The number of piperidine rings is 1. The van der Waals surface area contributed by atoms with Gasteiger partial charge in [0, 0.05) is 49.5 Å². The SMILES string of the molecule is CO[C@H]1C[C@H](NC2CCN(c3cc(C)nc(C)n3)CC2)C12CCC2. The third-order valence-electron chi connectivity index (χ3n) is 6.56. The van der Waals surface area contributed by atoms with Crippen LogP contribution in [-0.2, 0) is 4.74 Å². The molecule has 2 atom stereocenters. The van der Waals surface area contributed by atoms with E-state index in [0.29, 0.717) is 23.6 Å². The van der Waals surface area contributed by atoms with E-state index in [2.05, 4.69) is 26.3 Å². The lowest BCUT2D eigenvalue weighted by Gasteiger charge is -2.61. The zero-order valence-corrected chi connectivity index (χ0v) is 15.2. The summed E-state index contributed by atoms with van der Waals surface area (Å²) >= 11 is 0. The van der Waals surface area contributed by atoms with Crippen molar-refractivity contribution in [2.45, 2.75) is 70.6 Å². The highest BCUT2D eigenvalue weighted by atomic mass is 16.5. The minimum absolute atomic E-state index is 0.465. The molecule has 5 heteroatoms. The first-order valence-corrected chi connectivity index (χ1v) is 9.47. The molecule has 0 amide bonds. The van der Waals surface area contributed by atoms with Crippen LogP contribution in [0, 0.1) is 19.3 Å². The van der Waals surface area contributed by atoms with Gasteiger partial charge < -0.3 is 15.0 Å². The van der Waals surface area contributed by atoms with Crippen molar-refractivity contribution in [2.24, 2.45) is 5.41 Å². The summed E-state index contributed by atoms with van der Waals surface area (Å²) in [5.41, 5.74) is 1.52. The molecule has 24 heavy (non-hydrogen) atoms. The monoisotopic (exact) mass is 330 g/mol. The van der Waals surface area contributed by atoms with E-state index in [1.807, 2.05) is 21.0 Å². The molecule has 0 radical (unpaired) electrons. The lowest BCUT2D eigenvalue weighted by Crippen LogP contribution is -2.68. The van der Waals surface area contributed by atoms with Crippen LogP contribution in [-0.4, -0.2) is 48.4 Å². The topological polar surface area (TPSA) is 50.3 Å². The summed E-state index contributed by atoms with van der Waals surface area (Å²) in [6.07, 6.45) is 8.17. The Bertz CT molecular complexity index is 573. The van der Waals surface area contributed by atoms with Gasteiger partial charge in [-0.1, -0.05) is 6.42 Å². The number of hydrogen-bond acceptors (Lipinski definition) is 5. The number of aryl methyl sites for hydroxylation is 2. The number of nitrogens with zero attached hydrogens (tertiary/aromatic N) is 3. The van der Waals surface area contributed by atoms with Crippen molar-refractivity contribution in [2.75, 3.05) is 25.1 Å². The average molecular weight is 330 g/mol. The number of nitrogens with one attached hydrogen (secondary N) is 1. The van der Waals surface area contributed by atoms with E-state index < -0.39 is 0 Å². The van der Waals surface area contributed by atoms with E-state index in [-0.39, 0.29) is 0 Å². The lowest BCUT2D eigenvalue weighted by molar-refractivity contribution is -0.164. The molecule has 1 aromatic heterocycles. The second-order valence-electron chi connectivity index (χ2n) is 7.94. The van der Waals surface area contributed by atoms with Crippen LogP contribution in [0.2, 0.25) is 0 Å². The normalized spacial score (nSPS) is 29.4. The van der Waals surface area contributed by atoms with Crippen LogP contribution < -0.4 is 10.2 Å². The van der Waals surface area contributed by atoms with Crippen LogP contribution in [0.1, 0.15) is 50.0 Å². The van der Waals surface area contributed by atoms with E-state index in [4.69, 9.17) is 4.74 Å². The summed E-state index contributed by atoms with van der Waals surface area (Å²) in [6, 6.07) is 3.43. The quantitative estimate of drug-likeness (QED) is 0.920. The van der Waals surface area contributed by atoms with Crippen LogP contribution in [0.4, 0.5) is 5.82 Å². The fourth-order valence-electron chi connectivity index (χ4n) is 4.99. The Morgan fingerprint density at radius 1 is 1.21 bits per heavy atom. The first-order chi connectivity index (χ1) is 11.6. The molecule has 0 aromatic carbocycles. The first kappa shape index (κ1) is 16.3. The molecular formula is C19H30N4O. The maximum atomic E-state index is 5.70. The van der Waals surface area contributed by atoms with Crippen molar-refractivity contribution in [1.29, 1.82) is 0 Å². The third-order valence-corrected chi connectivity index (χ3v) is 6.56. The second-order valence-corrected chi connectivity index (χ2v) is 7.94. The Kier molecular flexibility index (Phi) is 4.25. The average Bonchev–Trinajstić information content (AvgIpc) is 2.49. The zero-order valence-electron chi connectivity index (χ0n) is 15.2. The summed E-state index contributed by atoms with van der Waals surface area (Å²) in [4.78, 5) is 11.4. The summed E-state index contributed by atoms with van der Waals surface area (Å²) in [7, 11) is 1.88. The molecule has 0 bridgehead atoms. The highest BCUT2D eigenvalue weighted by Crippen LogP contribution is 2.57.